The van der Waals surface area contributed by atoms with Crippen molar-refractivity contribution in [2.75, 3.05) is 11.9 Å². The third-order valence-electron chi connectivity index (χ3n) is 4.45. The summed E-state index contributed by atoms with van der Waals surface area (Å²) in [5.74, 6) is -0.679. The Morgan fingerprint density at radius 2 is 1.75 bits per heavy atom. The molecular formula is C23H23NO3S. The van der Waals surface area contributed by atoms with Gasteiger partial charge in [-0.25, -0.2) is 4.79 Å². The van der Waals surface area contributed by atoms with Gasteiger partial charge in [0.25, 0.3) is 5.91 Å². The van der Waals surface area contributed by atoms with Gasteiger partial charge in [0.2, 0.25) is 0 Å². The summed E-state index contributed by atoms with van der Waals surface area (Å²) in [7, 11) is 0. The zero-order valence-electron chi connectivity index (χ0n) is 16.5. The lowest BCUT2D eigenvalue weighted by Gasteiger charge is -2.11. The highest BCUT2D eigenvalue weighted by molar-refractivity contribution is 7.15. The number of aryl methyl sites for hydroxylation is 3. The number of amides is 1. The summed E-state index contributed by atoms with van der Waals surface area (Å²) in [6.07, 6.45) is 0. The number of rotatable bonds is 5. The van der Waals surface area contributed by atoms with Gasteiger partial charge in [-0.1, -0.05) is 41.5 Å². The summed E-state index contributed by atoms with van der Waals surface area (Å²) in [5.41, 5.74) is 5.92. The molecule has 1 amide bonds. The molecule has 5 heteroatoms. The fraction of sp³-hybridized carbons (Fsp3) is 0.217. The van der Waals surface area contributed by atoms with Crippen molar-refractivity contribution in [1.29, 1.82) is 0 Å². The molecule has 2 aromatic carbocycles. The predicted octanol–water partition coefficient (Wildman–Crippen LogP) is 5.77. The van der Waals surface area contributed by atoms with Crippen molar-refractivity contribution < 1.29 is 14.3 Å². The number of nitrogens with one attached hydrogen (secondary N) is 1. The molecule has 0 saturated carbocycles. The van der Waals surface area contributed by atoms with Crippen molar-refractivity contribution in [3.05, 3.63) is 75.7 Å². The predicted molar refractivity (Wildman–Crippen MR) is 114 cm³/mol. The van der Waals surface area contributed by atoms with Crippen molar-refractivity contribution in [1.82, 2.24) is 0 Å². The standard InChI is InChI=1S/C23H23NO3S/c1-5-27-23(26)20-19(18-10-9-15(3)11-16(18)4)13-28-22(20)24-21(25)17-8-6-7-14(2)12-17/h6-13H,5H2,1-4H3,(H,24,25). The van der Waals surface area contributed by atoms with Crippen LogP contribution in [0, 0.1) is 20.8 Å². The van der Waals surface area contributed by atoms with E-state index in [1.807, 2.05) is 56.5 Å². The molecule has 28 heavy (non-hydrogen) atoms. The third-order valence-corrected chi connectivity index (χ3v) is 5.35. The number of carbonyl (C=O) groups is 2. The largest absolute Gasteiger partial charge is 0.462 e. The van der Waals surface area contributed by atoms with Crippen LogP contribution in [0.15, 0.2) is 47.8 Å². The molecule has 0 atom stereocenters. The minimum atomic E-state index is -0.432. The van der Waals surface area contributed by atoms with Gasteiger partial charge in [-0.05, 0) is 51.0 Å². The lowest BCUT2D eigenvalue weighted by atomic mass is 9.97. The molecule has 3 aromatic rings. The van der Waals surface area contributed by atoms with Crippen LogP contribution in [0.2, 0.25) is 0 Å². The van der Waals surface area contributed by atoms with E-state index in [1.165, 1.54) is 11.3 Å². The van der Waals surface area contributed by atoms with Gasteiger partial charge < -0.3 is 10.1 Å². The van der Waals surface area contributed by atoms with Crippen LogP contribution in [0.25, 0.3) is 11.1 Å². The maximum atomic E-state index is 12.7. The Balaban J connectivity index is 2.03. The van der Waals surface area contributed by atoms with Gasteiger partial charge >= 0.3 is 5.97 Å². The van der Waals surface area contributed by atoms with E-state index in [2.05, 4.69) is 11.4 Å². The van der Waals surface area contributed by atoms with E-state index >= 15 is 0 Å². The monoisotopic (exact) mass is 393 g/mol. The second-order valence-corrected chi connectivity index (χ2v) is 7.60. The van der Waals surface area contributed by atoms with E-state index in [0.717, 1.165) is 27.8 Å². The molecule has 1 heterocycles. The zero-order valence-corrected chi connectivity index (χ0v) is 17.3. The molecular weight excluding hydrogens is 370 g/mol. The van der Waals surface area contributed by atoms with Gasteiger partial charge in [0.1, 0.15) is 10.6 Å². The Morgan fingerprint density at radius 1 is 1.00 bits per heavy atom. The topological polar surface area (TPSA) is 55.4 Å². The van der Waals surface area contributed by atoms with Crippen LogP contribution in [-0.4, -0.2) is 18.5 Å². The second-order valence-electron chi connectivity index (χ2n) is 6.72. The van der Waals surface area contributed by atoms with Crippen LogP contribution in [-0.2, 0) is 4.74 Å². The zero-order chi connectivity index (χ0) is 20.3. The fourth-order valence-corrected chi connectivity index (χ4v) is 4.07. The number of ether oxygens (including phenoxy) is 1. The fourth-order valence-electron chi connectivity index (χ4n) is 3.13. The molecule has 3 rings (SSSR count). The number of hydrogen-bond acceptors (Lipinski definition) is 4. The first kappa shape index (κ1) is 19.8. The number of benzene rings is 2. The summed E-state index contributed by atoms with van der Waals surface area (Å²) in [5, 5.41) is 5.29. The third kappa shape index (κ3) is 4.15. The summed E-state index contributed by atoms with van der Waals surface area (Å²) < 4.78 is 5.28. The van der Waals surface area contributed by atoms with E-state index in [0.29, 0.717) is 16.1 Å². The molecule has 0 fully saturated rings. The van der Waals surface area contributed by atoms with Crippen molar-refractivity contribution in [2.24, 2.45) is 0 Å². The molecule has 0 unspecified atom stereocenters. The smallest absolute Gasteiger partial charge is 0.341 e. The number of anilines is 1. The molecule has 0 aliphatic heterocycles. The molecule has 144 valence electrons. The van der Waals surface area contributed by atoms with Gasteiger partial charge in [-0.2, -0.15) is 0 Å². The quantitative estimate of drug-likeness (QED) is 0.560. The molecule has 1 N–H and O–H groups in total. The molecule has 1 aromatic heterocycles. The highest BCUT2D eigenvalue weighted by Crippen LogP contribution is 2.38. The summed E-state index contributed by atoms with van der Waals surface area (Å²) in [4.78, 5) is 25.4. The van der Waals surface area contributed by atoms with Crippen molar-refractivity contribution in [3.63, 3.8) is 0 Å². The van der Waals surface area contributed by atoms with E-state index in [4.69, 9.17) is 4.74 Å². The van der Waals surface area contributed by atoms with E-state index < -0.39 is 5.97 Å². The summed E-state index contributed by atoms with van der Waals surface area (Å²) in [6.45, 7) is 8.02. The Labute approximate surface area is 169 Å². The number of hydrogen-bond donors (Lipinski definition) is 1. The van der Waals surface area contributed by atoms with E-state index in [1.54, 1.807) is 13.0 Å². The van der Waals surface area contributed by atoms with Gasteiger partial charge in [-0.15, -0.1) is 11.3 Å². The first-order valence-electron chi connectivity index (χ1n) is 9.15. The molecule has 0 bridgehead atoms. The van der Waals surface area contributed by atoms with Gasteiger partial charge in [-0.3, -0.25) is 4.79 Å². The summed E-state index contributed by atoms with van der Waals surface area (Å²) in [6, 6.07) is 13.4. The first-order chi connectivity index (χ1) is 13.4. The maximum Gasteiger partial charge on any atom is 0.341 e. The lowest BCUT2D eigenvalue weighted by molar-refractivity contribution is 0.0529. The number of carbonyl (C=O) groups excluding carboxylic acids is 2. The lowest BCUT2D eigenvalue weighted by Crippen LogP contribution is -2.15. The SMILES string of the molecule is CCOC(=O)c1c(-c2ccc(C)cc2C)csc1NC(=O)c1cccc(C)c1. The van der Waals surface area contributed by atoms with Crippen LogP contribution in [0.5, 0.6) is 0 Å². The number of thiophene rings is 1. The minimum Gasteiger partial charge on any atom is -0.462 e. The number of esters is 1. The maximum absolute atomic E-state index is 12.7. The van der Waals surface area contributed by atoms with Crippen molar-refractivity contribution >= 4 is 28.2 Å². The average molecular weight is 394 g/mol. The van der Waals surface area contributed by atoms with Crippen LogP contribution < -0.4 is 5.32 Å². The highest BCUT2D eigenvalue weighted by Gasteiger charge is 2.24. The first-order valence-corrected chi connectivity index (χ1v) is 10.0. The Kier molecular flexibility index (Phi) is 5.95. The molecule has 0 spiro atoms. The minimum absolute atomic E-state index is 0.247. The Bertz CT molecular complexity index is 1040. The van der Waals surface area contributed by atoms with Gasteiger partial charge in [0, 0.05) is 16.5 Å². The highest BCUT2D eigenvalue weighted by atomic mass is 32.1. The van der Waals surface area contributed by atoms with Gasteiger partial charge in [0.05, 0.1) is 6.61 Å². The van der Waals surface area contributed by atoms with Crippen LogP contribution in [0.3, 0.4) is 0 Å². The van der Waals surface area contributed by atoms with E-state index in [9.17, 15) is 9.59 Å². The van der Waals surface area contributed by atoms with Crippen LogP contribution in [0.1, 0.15) is 44.3 Å². The normalized spacial score (nSPS) is 10.6. The van der Waals surface area contributed by atoms with Crippen molar-refractivity contribution in [2.45, 2.75) is 27.7 Å². The molecule has 0 aliphatic carbocycles. The molecule has 0 aliphatic rings. The Hall–Kier alpha value is -2.92. The molecule has 4 nitrogen and oxygen atoms in total. The summed E-state index contributed by atoms with van der Waals surface area (Å²) >= 11 is 1.33. The van der Waals surface area contributed by atoms with Crippen LogP contribution >= 0.6 is 11.3 Å². The van der Waals surface area contributed by atoms with Gasteiger partial charge in [0.15, 0.2) is 0 Å². The molecule has 0 radical (unpaired) electrons. The average Bonchev–Trinajstić information content (AvgIpc) is 3.05. The van der Waals surface area contributed by atoms with E-state index in [-0.39, 0.29) is 12.5 Å². The second kappa shape index (κ2) is 8.40. The van der Waals surface area contributed by atoms with Crippen molar-refractivity contribution in [3.8, 4) is 11.1 Å². The Morgan fingerprint density at radius 3 is 2.43 bits per heavy atom. The molecule has 0 saturated heterocycles. The van der Waals surface area contributed by atoms with Crippen LogP contribution in [0.4, 0.5) is 5.00 Å².